The summed E-state index contributed by atoms with van der Waals surface area (Å²) in [6.45, 7) is 5.10. The van der Waals surface area contributed by atoms with Crippen LogP contribution in [-0.2, 0) is 4.74 Å². The van der Waals surface area contributed by atoms with Crippen molar-refractivity contribution in [2.24, 2.45) is 0 Å². The van der Waals surface area contributed by atoms with Crippen LogP contribution in [0.2, 0.25) is 0 Å². The van der Waals surface area contributed by atoms with Crippen LogP contribution in [0.15, 0.2) is 72.8 Å². The molecule has 0 bridgehead atoms. The number of hydrogen-bond acceptors (Lipinski definition) is 7. The summed E-state index contributed by atoms with van der Waals surface area (Å²) in [7, 11) is 1.37. The van der Waals surface area contributed by atoms with Crippen molar-refractivity contribution in [3.05, 3.63) is 95.1 Å². The molecule has 1 N–H and O–H groups in total. The number of fused-ring (bicyclic) bond motifs is 3. The Labute approximate surface area is 204 Å². The second-order valence-electron chi connectivity index (χ2n) is 8.19. The summed E-state index contributed by atoms with van der Waals surface area (Å²) in [6.07, 6.45) is 1.75. The van der Waals surface area contributed by atoms with Crippen molar-refractivity contribution < 1.29 is 23.7 Å². The van der Waals surface area contributed by atoms with Crippen molar-refractivity contribution in [2.75, 3.05) is 20.3 Å². The van der Waals surface area contributed by atoms with E-state index in [4.69, 9.17) is 18.9 Å². The molecule has 0 saturated carbocycles. The highest BCUT2D eigenvalue weighted by Gasteiger charge is 2.41. The molecule has 35 heavy (non-hydrogen) atoms. The van der Waals surface area contributed by atoms with Gasteiger partial charge in [-0.2, -0.15) is 5.01 Å². The van der Waals surface area contributed by atoms with E-state index in [0.717, 1.165) is 33.9 Å². The van der Waals surface area contributed by atoms with Crippen molar-refractivity contribution in [1.29, 1.82) is 0 Å². The molecule has 2 heterocycles. The molecule has 0 aromatic heterocycles. The van der Waals surface area contributed by atoms with E-state index in [0.29, 0.717) is 24.5 Å². The van der Waals surface area contributed by atoms with E-state index in [1.807, 2.05) is 62.4 Å². The van der Waals surface area contributed by atoms with Crippen LogP contribution in [0.4, 0.5) is 0 Å². The molecule has 0 saturated heterocycles. The first kappa shape index (κ1) is 22.8. The number of nitrogens with zero attached hydrogens (tertiary/aromatic N) is 1. The summed E-state index contributed by atoms with van der Waals surface area (Å²) in [6, 6.07) is 21.2. The maximum atomic E-state index is 11.9. The Hall–Kier alpha value is -3.97. The molecule has 0 radical (unpaired) electrons. The molecule has 7 heteroatoms. The summed E-state index contributed by atoms with van der Waals surface area (Å²) in [4.78, 5) is 11.9. The summed E-state index contributed by atoms with van der Waals surface area (Å²) in [5.74, 6) is 1.90. The van der Waals surface area contributed by atoms with Gasteiger partial charge >= 0.3 is 5.97 Å². The second-order valence-corrected chi connectivity index (χ2v) is 8.19. The van der Waals surface area contributed by atoms with Crippen molar-refractivity contribution in [3.8, 4) is 17.2 Å². The Morgan fingerprint density at radius 3 is 2.40 bits per heavy atom. The van der Waals surface area contributed by atoms with E-state index in [2.05, 4.69) is 22.6 Å². The summed E-state index contributed by atoms with van der Waals surface area (Å²) >= 11 is 0. The number of carbonyl (C=O) groups is 1. The largest absolute Gasteiger partial charge is 0.494 e. The molecule has 5 rings (SSSR count). The fourth-order valence-electron chi connectivity index (χ4n) is 4.45. The number of methoxy groups -OCH3 is 1. The molecule has 0 aliphatic carbocycles. The predicted molar refractivity (Wildman–Crippen MR) is 132 cm³/mol. The highest BCUT2D eigenvalue weighted by atomic mass is 16.5. The van der Waals surface area contributed by atoms with Crippen molar-refractivity contribution in [3.63, 3.8) is 0 Å². The molecule has 0 amide bonds. The maximum absolute atomic E-state index is 11.9. The molecule has 2 unspecified atom stereocenters. The van der Waals surface area contributed by atoms with E-state index >= 15 is 0 Å². The lowest BCUT2D eigenvalue weighted by molar-refractivity contribution is -0.0345. The number of rotatable bonds is 7. The highest BCUT2D eigenvalue weighted by Crippen LogP contribution is 2.49. The van der Waals surface area contributed by atoms with Gasteiger partial charge in [-0.05, 0) is 68.0 Å². The van der Waals surface area contributed by atoms with Gasteiger partial charge in [0.05, 0.1) is 37.6 Å². The number of carbonyl (C=O) groups excluding carboxylic acids is 1. The maximum Gasteiger partial charge on any atom is 0.337 e. The van der Waals surface area contributed by atoms with Crippen LogP contribution in [0.25, 0.3) is 5.70 Å². The van der Waals surface area contributed by atoms with E-state index < -0.39 is 6.23 Å². The van der Waals surface area contributed by atoms with Gasteiger partial charge in [-0.25, -0.2) is 4.79 Å². The summed E-state index contributed by atoms with van der Waals surface area (Å²) in [5, 5.41) is 2.08. The zero-order chi connectivity index (χ0) is 24.4. The zero-order valence-electron chi connectivity index (χ0n) is 20.0. The number of ether oxygens (including phenoxy) is 4. The number of para-hydroxylation sites is 1. The van der Waals surface area contributed by atoms with Crippen molar-refractivity contribution in [1.82, 2.24) is 10.4 Å². The first-order chi connectivity index (χ1) is 17.1. The van der Waals surface area contributed by atoms with Gasteiger partial charge in [-0.1, -0.05) is 24.3 Å². The van der Waals surface area contributed by atoms with E-state index in [1.54, 1.807) is 12.1 Å². The number of esters is 1. The second kappa shape index (κ2) is 9.72. The molecule has 7 nitrogen and oxygen atoms in total. The number of benzene rings is 3. The molecular weight excluding hydrogens is 444 g/mol. The van der Waals surface area contributed by atoms with Gasteiger partial charge < -0.3 is 24.4 Å². The van der Waals surface area contributed by atoms with Crippen LogP contribution in [0.1, 0.15) is 53.2 Å². The van der Waals surface area contributed by atoms with E-state index in [1.165, 1.54) is 7.11 Å². The van der Waals surface area contributed by atoms with Gasteiger partial charge in [0.25, 0.3) is 0 Å². The third-order valence-corrected chi connectivity index (χ3v) is 6.08. The average molecular weight is 473 g/mol. The van der Waals surface area contributed by atoms with Crippen LogP contribution in [0, 0.1) is 0 Å². The Bertz CT molecular complexity index is 1240. The number of hydrogen-bond donors (Lipinski definition) is 1. The van der Waals surface area contributed by atoms with E-state index in [9.17, 15) is 4.79 Å². The Balaban J connectivity index is 1.53. The van der Waals surface area contributed by atoms with Gasteiger partial charge in [0, 0.05) is 11.1 Å². The van der Waals surface area contributed by atoms with E-state index in [-0.39, 0.29) is 12.0 Å². The lowest BCUT2D eigenvalue weighted by atomic mass is 10.00. The smallest absolute Gasteiger partial charge is 0.337 e. The lowest BCUT2D eigenvalue weighted by Crippen LogP contribution is -2.43. The topological polar surface area (TPSA) is 69.3 Å². The molecule has 0 spiro atoms. The molecule has 2 atom stereocenters. The standard InChI is InChI=1S/C28H28N2O5/c1-4-33-21-15-13-18(14-16-21)23-17-24-22-7-6-8-25(34-5-2)26(22)35-27(30(24)29-23)19-9-11-20(12-10-19)28(31)32-3/h6-17,24,27,29H,4-5H2,1-3H3. The molecule has 3 aromatic carbocycles. The molecule has 180 valence electrons. The molecule has 2 aliphatic heterocycles. The van der Waals surface area contributed by atoms with Crippen molar-refractivity contribution in [2.45, 2.75) is 26.1 Å². The molecule has 2 aliphatic rings. The van der Waals surface area contributed by atoms with Gasteiger partial charge in [-0.3, -0.25) is 0 Å². The molecule has 3 aromatic rings. The monoisotopic (exact) mass is 472 g/mol. The average Bonchev–Trinajstić information content (AvgIpc) is 3.35. The first-order valence-electron chi connectivity index (χ1n) is 11.7. The van der Waals surface area contributed by atoms with Gasteiger partial charge in [0.2, 0.25) is 0 Å². The number of hydrazine groups is 1. The minimum Gasteiger partial charge on any atom is -0.494 e. The molecular formula is C28H28N2O5. The lowest BCUT2D eigenvalue weighted by Gasteiger charge is -2.39. The summed E-state index contributed by atoms with van der Waals surface area (Å²) in [5.41, 5.74) is 7.98. The van der Waals surface area contributed by atoms with Crippen LogP contribution >= 0.6 is 0 Å². The normalized spacial score (nSPS) is 18.4. The Kier molecular flexibility index (Phi) is 6.33. The molecule has 0 fully saturated rings. The zero-order valence-corrected chi connectivity index (χ0v) is 20.0. The van der Waals surface area contributed by atoms with Crippen LogP contribution < -0.4 is 19.6 Å². The Morgan fingerprint density at radius 1 is 0.971 bits per heavy atom. The minimum absolute atomic E-state index is 0.0778. The van der Waals surface area contributed by atoms with Crippen LogP contribution in [0.5, 0.6) is 17.2 Å². The third kappa shape index (κ3) is 4.31. The number of nitrogens with one attached hydrogen (secondary N) is 1. The van der Waals surface area contributed by atoms with Crippen LogP contribution in [0.3, 0.4) is 0 Å². The van der Waals surface area contributed by atoms with Crippen LogP contribution in [-0.4, -0.2) is 31.3 Å². The SMILES string of the molecule is CCOc1ccc(C2=CC3c4cccc(OCC)c4OC(c4ccc(C(=O)OC)cc4)N3N2)cc1. The fourth-order valence-corrected chi connectivity index (χ4v) is 4.45. The van der Waals surface area contributed by atoms with Gasteiger partial charge in [-0.15, -0.1) is 0 Å². The van der Waals surface area contributed by atoms with Gasteiger partial charge in [0.1, 0.15) is 5.75 Å². The highest BCUT2D eigenvalue weighted by molar-refractivity contribution is 5.89. The predicted octanol–water partition coefficient (Wildman–Crippen LogP) is 5.26. The third-order valence-electron chi connectivity index (χ3n) is 6.08. The first-order valence-corrected chi connectivity index (χ1v) is 11.7. The van der Waals surface area contributed by atoms with Gasteiger partial charge in [0.15, 0.2) is 17.7 Å². The Morgan fingerprint density at radius 2 is 1.71 bits per heavy atom. The fraction of sp³-hybridized carbons (Fsp3) is 0.250. The quantitative estimate of drug-likeness (QED) is 0.470. The van der Waals surface area contributed by atoms with Crippen molar-refractivity contribution >= 4 is 11.7 Å². The summed E-state index contributed by atoms with van der Waals surface area (Å²) < 4.78 is 22.9. The minimum atomic E-state index is -0.447.